The lowest BCUT2D eigenvalue weighted by atomic mass is 10.0. The molecule has 20 heavy (non-hydrogen) atoms. The van der Waals surface area contributed by atoms with Crippen LogP contribution < -0.4 is 0 Å². The van der Waals surface area contributed by atoms with E-state index in [1.54, 1.807) is 6.07 Å². The molecule has 0 amide bonds. The highest BCUT2D eigenvalue weighted by Crippen LogP contribution is 2.27. The third-order valence-corrected chi connectivity index (χ3v) is 3.84. The summed E-state index contributed by atoms with van der Waals surface area (Å²) in [5, 5.41) is 10.0. The second-order valence-corrected chi connectivity index (χ2v) is 5.13. The fourth-order valence-corrected chi connectivity index (χ4v) is 2.70. The summed E-state index contributed by atoms with van der Waals surface area (Å²) in [6.45, 7) is 7.20. The molecular weight excluding hydrogens is 268 g/mol. The highest BCUT2D eigenvalue weighted by molar-refractivity contribution is 6.32. The van der Waals surface area contributed by atoms with E-state index in [-0.39, 0.29) is 0 Å². The van der Waals surface area contributed by atoms with Crippen LogP contribution in [0.25, 0.3) is 11.6 Å². The van der Waals surface area contributed by atoms with E-state index < -0.39 is 0 Å². The predicted molar refractivity (Wildman–Crippen MR) is 84.5 cm³/mol. The standard InChI is InChI=1S/C17H17ClN2/c1-4-20-12(2)9-14(13(20)3)10-15(11-19)16-7-5-6-8-17(16)18/h5-10H,4H2,1-3H3. The largest absolute Gasteiger partial charge is 0.349 e. The Labute approximate surface area is 124 Å². The van der Waals surface area contributed by atoms with Crippen molar-refractivity contribution in [3.05, 3.63) is 57.9 Å². The lowest BCUT2D eigenvalue weighted by Crippen LogP contribution is -1.98. The minimum atomic E-state index is 0.590. The number of halogens is 1. The van der Waals surface area contributed by atoms with E-state index in [1.165, 1.54) is 11.4 Å². The molecule has 0 aliphatic carbocycles. The Hall–Kier alpha value is -1.98. The van der Waals surface area contributed by atoms with Crippen molar-refractivity contribution in [1.82, 2.24) is 4.57 Å². The Morgan fingerprint density at radius 2 is 2.05 bits per heavy atom. The van der Waals surface area contributed by atoms with E-state index >= 15 is 0 Å². The smallest absolute Gasteiger partial charge is 0.0998 e. The average molecular weight is 285 g/mol. The number of aromatic nitrogens is 1. The second kappa shape index (κ2) is 5.98. The molecule has 0 saturated carbocycles. The molecule has 0 atom stereocenters. The van der Waals surface area contributed by atoms with Crippen molar-refractivity contribution in [2.45, 2.75) is 27.3 Å². The number of benzene rings is 1. The zero-order chi connectivity index (χ0) is 14.7. The molecule has 2 nitrogen and oxygen atoms in total. The molecular formula is C17H17ClN2. The first-order valence-electron chi connectivity index (χ1n) is 6.62. The van der Waals surface area contributed by atoms with Crippen LogP contribution in [-0.4, -0.2) is 4.57 Å². The molecule has 0 unspecified atom stereocenters. The Morgan fingerprint density at radius 3 is 2.60 bits per heavy atom. The maximum absolute atomic E-state index is 9.41. The third kappa shape index (κ3) is 2.64. The van der Waals surface area contributed by atoms with Crippen molar-refractivity contribution in [2.75, 3.05) is 0 Å². The molecule has 0 aliphatic heterocycles. The summed E-state index contributed by atoms with van der Waals surface area (Å²) in [5.74, 6) is 0. The maximum Gasteiger partial charge on any atom is 0.0998 e. The number of aryl methyl sites for hydroxylation is 1. The number of allylic oxidation sites excluding steroid dienone is 1. The Kier molecular flexibility index (Phi) is 4.32. The van der Waals surface area contributed by atoms with E-state index in [4.69, 9.17) is 11.6 Å². The number of rotatable bonds is 3. The molecule has 1 aromatic heterocycles. The summed E-state index contributed by atoms with van der Waals surface area (Å²) < 4.78 is 2.23. The van der Waals surface area contributed by atoms with Crippen LogP contribution >= 0.6 is 11.6 Å². The van der Waals surface area contributed by atoms with Gasteiger partial charge in [0.2, 0.25) is 0 Å². The Balaban J connectivity index is 2.54. The summed E-state index contributed by atoms with van der Waals surface area (Å²) in [7, 11) is 0. The maximum atomic E-state index is 9.41. The molecule has 0 spiro atoms. The topological polar surface area (TPSA) is 28.7 Å². The zero-order valence-electron chi connectivity index (χ0n) is 11.9. The number of hydrogen-bond donors (Lipinski definition) is 0. The van der Waals surface area contributed by atoms with Gasteiger partial charge < -0.3 is 4.57 Å². The van der Waals surface area contributed by atoms with Crippen LogP contribution in [0.2, 0.25) is 5.02 Å². The lowest BCUT2D eigenvalue weighted by molar-refractivity contribution is 0.718. The van der Waals surface area contributed by atoms with E-state index in [9.17, 15) is 5.26 Å². The predicted octanol–water partition coefficient (Wildman–Crippen LogP) is 4.84. The van der Waals surface area contributed by atoms with Gasteiger partial charge in [-0.1, -0.05) is 29.8 Å². The quantitative estimate of drug-likeness (QED) is 0.741. The van der Waals surface area contributed by atoms with Gasteiger partial charge in [-0.05, 0) is 44.5 Å². The number of nitrogens with zero attached hydrogens (tertiary/aromatic N) is 2. The molecule has 3 heteroatoms. The fraction of sp³-hybridized carbons (Fsp3) is 0.235. The minimum absolute atomic E-state index is 0.590. The van der Waals surface area contributed by atoms with Crippen molar-refractivity contribution >= 4 is 23.3 Å². The molecule has 2 aromatic rings. The normalized spacial score (nSPS) is 11.4. The number of nitriles is 1. The molecule has 102 valence electrons. The van der Waals surface area contributed by atoms with Crippen LogP contribution in [0.5, 0.6) is 0 Å². The molecule has 1 heterocycles. The molecule has 0 aliphatic rings. The summed E-state index contributed by atoms with van der Waals surface area (Å²) in [6.07, 6.45) is 1.91. The van der Waals surface area contributed by atoms with Crippen LogP contribution in [-0.2, 0) is 6.54 Å². The Bertz CT molecular complexity index is 702. The van der Waals surface area contributed by atoms with Gasteiger partial charge in [0.05, 0.1) is 11.6 Å². The van der Waals surface area contributed by atoms with Gasteiger partial charge in [0.15, 0.2) is 0 Å². The van der Waals surface area contributed by atoms with Gasteiger partial charge in [0, 0.05) is 28.5 Å². The van der Waals surface area contributed by atoms with E-state index in [0.717, 1.165) is 17.7 Å². The van der Waals surface area contributed by atoms with Crippen molar-refractivity contribution in [3.63, 3.8) is 0 Å². The summed E-state index contributed by atoms with van der Waals surface area (Å²) in [5.41, 5.74) is 4.81. The average Bonchev–Trinajstić information content (AvgIpc) is 2.71. The molecule has 0 fully saturated rings. The van der Waals surface area contributed by atoms with Crippen LogP contribution in [0.3, 0.4) is 0 Å². The Morgan fingerprint density at radius 1 is 1.35 bits per heavy atom. The van der Waals surface area contributed by atoms with Crippen LogP contribution in [0.4, 0.5) is 0 Å². The monoisotopic (exact) mass is 284 g/mol. The highest BCUT2D eigenvalue weighted by atomic mass is 35.5. The fourth-order valence-electron chi connectivity index (χ4n) is 2.47. The summed E-state index contributed by atoms with van der Waals surface area (Å²) >= 11 is 6.17. The SMILES string of the molecule is CCn1c(C)cc(C=C(C#N)c2ccccc2Cl)c1C. The summed E-state index contributed by atoms with van der Waals surface area (Å²) in [4.78, 5) is 0. The lowest BCUT2D eigenvalue weighted by Gasteiger charge is -2.05. The van der Waals surface area contributed by atoms with Gasteiger partial charge in [-0.25, -0.2) is 0 Å². The van der Waals surface area contributed by atoms with Gasteiger partial charge in [-0.2, -0.15) is 5.26 Å². The van der Waals surface area contributed by atoms with Crippen molar-refractivity contribution in [3.8, 4) is 6.07 Å². The second-order valence-electron chi connectivity index (χ2n) is 4.72. The first kappa shape index (κ1) is 14.4. The first-order valence-corrected chi connectivity index (χ1v) is 6.99. The molecule has 2 rings (SSSR count). The van der Waals surface area contributed by atoms with E-state index in [1.807, 2.05) is 24.3 Å². The van der Waals surface area contributed by atoms with Gasteiger partial charge in [0.1, 0.15) is 0 Å². The van der Waals surface area contributed by atoms with Crippen molar-refractivity contribution < 1.29 is 0 Å². The van der Waals surface area contributed by atoms with Gasteiger partial charge in [-0.3, -0.25) is 0 Å². The van der Waals surface area contributed by atoms with E-state index in [0.29, 0.717) is 10.6 Å². The third-order valence-electron chi connectivity index (χ3n) is 3.51. The number of hydrogen-bond acceptors (Lipinski definition) is 1. The molecule has 0 saturated heterocycles. The van der Waals surface area contributed by atoms with Gasteiger partial charge >= 0.3 is 0 Å². The summed E-state index contributed by atoms with van der Waals surface area (Å²) in [6, 6.07) is 11.8. The molecule has 0 bridgehead atoms. The molecule has 0 N–H and O–H groups in total. The molecule has 1 aromatic carbocycles. The highest BCUT2D eigenvalue weighted by Gasteiger charge is 2.09. The van der Waals surface area contributed by atoms with Crippen LogP contribution in [0, 0.1) is 25.2 Å². The van der Waals surface area contributed by atoms with Gasteiger partial charge in [-0.15, -0.1) is 0 Å². The van der Waals surface area contributed by atoms with Crippen LogP contribution in [0.15, 0.2) is 30.3 Å². The van der Waals surface area contributed by atoms with Crippen LogP contribution in [0.1, 0.15) is 29.4 Å². The van der Waals surface area contributed by atoms with Crippen molar-refractivity contribution in [2.24, 2.45) is 0 Å². The zero-order valence-corrected chi connectivity index (χ0v) is 12.7. The first-order chi connectivity index (χ1) is 9.58. The van der Waals surface area contributed by atoms with E-state index in [2.05, 4.69) is 37.5 Å². The van der Waals surface area contributed by atoms with Crippen molar-refractivity contribution in [1.29, 1.82) is 5.26 Å². The minimum Gasteiger partial charge on any atom is -0.349 e. The van der Waals surface area contributed by atoms with Gasteiger partial charge in [0.25, 0.3) is 0 Å². The molecule has 0 radical (unpaired) electrons.